The van der Waals surface area contributed by atoms with E-state index in [0.717, 1.165) is 0 Å². The van der Waals surface area contributed by atoms with E-state index < -0.39 is 11.9 Å². The van der Waals surface area contributed by atoms with E-state index in [1.54, 1.807) is 25.3 Å². The predicted octanol–water partition coefficient (Wildman–Crippen LogP) is 2.46. The fourth-order valence-electron chi connectivity index (χ4n) is 1.44. The average molecular weight is 306 g/mol. The quantitative estimate of drug-likeness (QED) is 0.473. The van der Waals surface area contributed by atoms with Crippen LogP contribution in [-0.4, -0.2) is 29.9 Å². The lowest BCUT2D eigenvalue weighted by molar-refractivity contribution is -0.138. The molecular formula is C14H14N2O4S. The van der Waals surface area contributed by atoms with Crippen LogP contribution in [0.5, 0.6) is 0 Å². The Labute approximate surface area is 126 Å². The van der Waals surface area contributed by atoms with Crippen molar-refractivity contribution in [2.75, 3.05) is 18.2 Å². The summed E-state index contributed by atoms with van der Waals surface area (Å²) in [5.41, 5.74) is 0.606. The fourth-order valence-corrected chi connectivity index (χ4v) is 1.99. The number of nitrogens with one attached hydrogen (secondary N) is 1. The second-order valence-corrected chi connectivity index (χ2v) is 4.56. The van der Waals surface area contributed by atoms with Gasteiger partial charge in [0.1, 0.15) is 6.07 Å². The lowest BCUT2D eigenvalue weighted by atomic mass is 10.2. The molecule has 2 N–H and O–H groups in total. The minimum Gasteiger partial charge on any atom is -0.478 e. The number of carboxylic acids is 1. The van der Waals surface area contributed by atoms with Crippen molar-refractivity contribution in [3.8, 4) is 6.07 Å². The van der Waals surface area contributed by atoms with Gasteiger partial charge in [0.2, 0.25) is 0 Å². The lowest BCUT2D eigenvalue weighted by Gasteiger charge is -2.11. The largest absolute Gasteiger partial charge is 0.478 e. The van der Waals surface area contributed by atoms with Gasteiger partial charge in [-0.1, -0.05) is 0 Å². The molecule has 0 saturated carbocycles. The van der Waals surface area contributed by atoms with Gasteiger partial charge in [-0.3, -0.25) is 0 Å². The van der Waals surface area contributed by atoms with Gasteiger partial charge in [-0.2, -0.15) is 5.26 Å². The Hall–Kier alpha value is -2.46. The zero-order chi connectivity index (χ0) is 15.8. The monoisotopic (exact) mass is 306 g/mol. The predicted molar refractivity (Wildman–Crippen MR) is 79.8 cm³/mol. The second kappa shape index (κ2) is 7.97. The highest BCUT2D eigenvalue weighted by atomic mass is 32.2. The molecule has 1 aromatic rings. The molecule has 1 aromatic carbocycles. The molecule has 6 nitrogen and oxygen atoms in total. The van der Waals surface area contributed by atoms with Crippen molar-refractivity contribution in [2.45, 2.75) is 6.92 Å². The van der Waals surface area contributed by atoms with Crippen LogP contribution in [0.15, 0.2) is 34.9 Å². The van der Waals surface area contributed by atoms with E-state index in [0.29, 0.717) is 10.7 Å². The topological polar surface area (TPSA) is 99.4 Å². The SMILES string of the molecule is CCOC(=O)/C(C#N)=C(/Nc1ccc(C(=O)O)cc1)SC. The molecule has 0 unspecified atom stereocenters. The van der Waals surface area contributed by atoms with Crippen molar-refractivity contribution in [1.82, 2.24) is 0 Å². The molecule has 0 aliphatic heterocycles. The number of nitriles is 1. The Balaban J connectivity index is 3.02. The van der Waals surface area contributed by atoms with Crippen LogP contribution in [0.2, 0.25) is 0 Å². The average Bonchev–Trinajstić information content (AvgIpc) is 2.47. The summed E-state index contributed by atoms with van der Waals surface area (Å²) in [4.78, 5) is 22.4. The van der Waals surface area contributed by atoms with Gasteiger partial charge in [0, 0.05) is 5.69 Å². The number of hydrogen-bond acceptors (Lipinski definition) is 6. The second-order valence-electron chi connectivity index (χ2n) is 3.75. The minimum atomic E-state index is -1.02. The number of aromatic carboxylic acids is 1. The molecule has 0 heterocycles. The maximum absolute atomic E-state index is 11.7. The molecule has 1 rings (SSSR count). The van der Waals surface area contributed by atoms with Crippen LogP contribution in [0.4, 0.5) is 5.69 Å². The molecule has 0 bridgehead atoms. The fraction of sp³-hybridized carbons (Fsp3) is 0.214. The van der Waals surface area contributed by atoms with Gasteiger partial charge >= 0.3 is 11.9 Å². The Kier molecular flexibility index (Phi) is 6.30. The van der Waals surface area contributed by atoms with Crippen molar-refractivity contribution in [2.24, 2.45) is 0 Å². The van der Waals surface area contributed by atoms with Crippen molar-refractivity contribution >= 4 is 29.4 Å². The number of carboxylic acid groups (broad SMARTS) is 1. The standard InChI is InChI=1S/C14H14N2O4S/c1-3-20-14(19)11(8-15)12(21-2)16-10-6-4-9(5-7-10)13(17)18/h4-7,16H,3H2,1-2H3,(H,17,18)/b12-11-. The summed E-state index contributed by atoms with van der Waals surface area (Å²) >= 11 is 1.19. The summed E-state index contributed by atoms with van der Waals surface area (Å²) in [6.45, 7) is 1.84. The minimum absolute atomic E-state index is 0.119. The Morgan fingerprint density at radius 2 is 2.00 bits per heavy atom. The van der Waals surface area contributed by atoms with E-state index >= 15 is 0 Å². The van der Waals surface area contributed by atoms with Crippen molar-refractivity contribution in [3.05, 3.63) is 40.4 Å². The van der Waals surface area contributed by atoms with E-state index in [2.05, 4.69) is 5.32 Å². The highest BCUT2D eigenvalue weighted by molar-refractivity contribution is 8.02. The smallest absolute Gasteiger partial charge is 0.351 e. The van der Waals surface area contributed by atoms with Crippen LogP contribution in [0, 0.1) is 11.3 Å². The van der Waals surface area contributed by atoms with Crippen molar-refractivity contribution in [1.29, 1.82) is 5.26 Å². The number of thioether (sulfide) groups is 1. The van der Waals surface area contributed by atoms with Gasteiger partial charge in [0.05, 0.1) is 17.2 Å². The van der Waals surface area contributed by atoms with Crippen LogP contribution in [0.25, 0.3) is 0 Å². The molecule has 0 aliphatic carbocycles. The van der Waals surface area contributed by atoms with Crippen molar-refractivity contribution < 1.29 is 19.4 Å². The first-order valence-electron chi connectivity index (χ1n) is 5.99. The van der Waals surface area contributed by atoms with Crippen LogP contribution < -0.4 is 5.32 Å². The van der Waals surface area contributed by atoms with Gasteiger partial charge in [-0.15, -0.1) is 11.8 Å². The third-order valence-corrected chi connectivity index (χ3v) is 3.13. The van der Waals surface area contributed by atoms with E-state index in [1.165, 1.54) is 23.9 Å². The van der Waals surface area contributed by atoms with E-state index in [9.17, 15) is 9.59 Å². The first-order valence-corrected chi connectivity index (χ1v) is 7.21. The van der Waals surface area contributed by atoms with Gasteiger partial charge in [0.25, 0.3) is 0 Å². The molecule has 0 aliphatic rings. The summed E-state index contributed by atoms with van der Waals surface area (Å²) < 4.78 is 4.82. The number of ether oxygens (including phenoxy) is 1. The molecule has 0 fully saturated rings. The third kappa shape index (κ3) is 4.54. The molecule has 0 radical (unpaired) electrons. The lowest BCUT2D eigenvalue weighted by Crippen LogP contribution is -2.11. The van der Waals surface area contributed by atoms with Crippen molar-refractivity contribution in [3.63, 3.8) is 0 Å². The van der Waals surface area contributed by atoms with Gasteiger partial charge < -0.3 is 15.2 Å². The first-order chi connectivity index (χ1) is 10.0. The van der Waals surface area contributed by atoms with Crippen LogP contribution >= 0.6 is 11.8 Å². The highest BCUT2D eigenvalue weighted by Gasteiger charge is 2.16. The number of rotatable bonds is 6. The van der Waals surface area contributed by atoms with Gasteiger partial charge in [-0.05, 0) is 37.4 Å². The summed E-state index contributed by atoms with van der Waals surface area (Å²) in [6.07, 6.45) is 1.71. The van der Waals surface area contributed by atoms with Gasteiger partial charge in [0.15, 0.2) is 5.57 Å². The van der Waals surface area contributed by atoms with Crippen LogP contribution in [0.3, 0.4) is 0 Å². The normalized spacial score (nSPS) is 11.1. The maximum atomic E-state index is 11.7. The zero-order valence-corrected chi connectivity index (χ0v) is 12.4. The summed E-state index contributed by atoms with van der Waals surface area (Å²) in [7, 11) is 0. The number of anilines is 1. The number of carbonyl (C=O) groups excluding carboxylic acids is 1. The molecule has 110 valence electrons. The Morgan fingerprint density at radius 1 is 1.38 bits per heavy atom. The van der Waals surface area contributed by atoms with Crippen LogP contribution in [-0.2, 0) is 9.53 Å². The summed E-state index contributed by atoms with van der Waals surface area (Å²) in [5.74, 6) is -1.72. The van der Waals surface area contributed by atoms with E-state index in [4.69, 9.17) is 15.1 Å². The number of benzene rings is 1. The molecule has 0 saturated heterocycles. The molecule has 0 atom stereocenters. The molecule has 0 amide bonds. The number of hydrogen-bond donors (Lipinski definition) is 2. The molecule has 7 heteroatoms. The Morgan fingerprint density at radius 3 is 2.43 bits per heavy atom. The number of carbonyl (C=O) groups is 2. The van der Waals surface area contributed by atoms with E-state index in [1.807, 2.05) is 6.07 Å². The van der Waals surface area contributed by atoms with E-state index in [-0.39, 0.29) is 17.7 Å². The Bertz CT molecular complexity index is 602. The summed E-state index contributed by atoms with van der Waals surface area (Å²) in [5, 5.41) is 21.2. The molecule has 0 spiro atoms. The first kappa shape index (κ1) is 16.6. The third-order valence-electron chi connectivity index (χ3n) is 2.41. The summed E-state index contributed by atoms with van der Waals surface area (Å²) in [6, 6.07) is 7.79. The highest BCUT2D eigenvalue weighted by Crippen LogP contribution is 2.21. The molecular weight excluding hydrogens is 292 g/mol. The molecule has 21 heavy (non-hydrogen) atoms. The zero-order valence-electron chi connectivity index (χ0n) is 11.5. The maximum Gasteiger partial charge on any atom is 0.351 e. The van der Waals surface area contributed by atoms with Crippen LogP contribution in [0.1, 0.15) is 17.3 Å². The molecule has 0 aromatic heterocycles. The number of esters is 1. The van der Waals surface area contributed by atoms with Gasteiger partial charge in [-0.25, -0.2) is 9.59 Å². The number of nitrogens with zero attached hydrogens (tertiary/aromatic N) is 1.